The Morgan fingerprint density at radius 1 is 1.45 bits per heavy atom. The van der Waals surface area contributed by atoms with E-state index in [4.69, 9.17) is 0 Å². The van der Waals surface area contributed by atoms with Crippen molar-refractivity contribution in [1.29, 1.82) is 0 Å². The molecule has 0 aliphatic rings. The molecule has 1 amide bonds. The molecule has 1 atom stereocenters. The summed E-state index contributed by atoms with van der Waals surface area (Å²) >= 11 is 0. The summed E-state index contributed by atoms with van der Waals surface area (Å²) in [5.41, 5.74) is 0.237. The van der Waals surface area contributed by atoms with E-state index in [2.05, 4.69) is 41.2 Å². The first-order valence-electron chi connectivity index (χ1n) is 6.30. The number of H-pyrrole nitrogens is 1. The van der Waals surface area contributed by atoms with Crippen LogP contribution in [0.3, 0.4) is 0 Å². The van der Waals surface area contributed by atoms with E-state index >= 15 is 0 Å². The summed E-state index contributed by atoms with van der Waals surface area (Å²) in [6.45, 7) is 4.58. The van der Waals surface area contributed by atoms with E-state index in [0.29, 0.717) is 11.6 Å². The Balaban J connectivity index is 2.01. The highest BCUT2D eigenvalue weighted by Crippen LogP contribution is 2.07. The number of hydrogen-bond acceptors (Lipinski definition) is 7. The molecule has 0 saturated heterocycles. The molecule has 9 heteroatoms. The van der Waals surface area contributed by atoms with E-state index in [-0.39, 0.29) is 17.6 Å². The molecule has 0 fully saturated rings. The molecule has 2 aromatic rings. The zero-order chi connectivity index (χ0) is 14.4. The lowest BCUT2D eigenvalue weighted by molar-refractivity contribution is 0.0933. The first-order chi connectivity index (χ1) is 9.70. The lowest BCUT2D eigenvalue weighted by atomic mass is 10.3. The molecule has 2 aromatic heterocycles. The largest absolute Gasteiger partial charge is 0.369 e. The molecule has 2 rings (SSSR count). The normalized spacial score (nSPS) is 11.9. The van der Waals surface area contributed by atoms with E-state index < -0.39 is 0 Å². The molecule has 0 saturated carbocycles. The van der Waals surface area contributed by atoms with Crippen LogP contribution in [0.15, 0.2) is 12.4 Å². The molecule has 0 aliphatic heterocycles. The van der Waals surface area contributed by atoms with Crippen molar-refractivity contribution in [3.05, 3.63) is 23.9 Å². The van der Waals surface area contributed by atoms with Gasteiger partial charge in [-0.1, -0.05) is 12.1 Å². The Morgan fingerprint density at radius 2 is 2.30 bits per heavy atom. The Labute approximate surface area is 115 Å². The lowest BCUT2D eigenvalue weighted by Gasteiger charge is -2.10. The molecule has 0 spiro atoms. The van der Waals surface area contributed by atoms with Crippen molar-refractivity contribution in [2.45, 2.75) is 26.3 Å². The quantitative estimate of drug-likeness (QED) is 0.693. The molecule has 1 unspecified atom stereocenters. The zero-order valence-electron chi connectivity index (χ0n) is 11.3. The number of nitrogens with one attached hydrogen (secondary N) is 3. The van der Waals surface area contributed by atoms with Gasteiger partial charge in [-0.05, 0) is 13.3 Å². The summed E-state index contributed by atoms with van der Waals surface area (Å²) in [6, 6.07) is -0.365. The third-order valence-corrected chi connectivity index (χ3v) is 2.52. The average Bonchev–Trinajstić information content (AvgIpc) is 2.99. The van der Waals surface area contributed by atoms with Crippen molar-refractivity contribution >= 4 is 11.7 Å². The number of anilines is 1. The Bertz CT molecular complexity index is 555. The van der Waals surface area contributed by atoms with Crippen molar-refractivity contribution in [3.8, 4) is 0 Å². The van der Waals surface area contributed by atoms with Crippen LogP contribution < -0.4 is 10.6 Å². The molecule has 20 heavy (non-hydrogen) atoms. The van der Waals surface area contributed by atoms with Crippen LogP contribution in [-0.4, -0.2) is 43.0 Å². The van der Waals surface area contributed by atoms with Crippen LogP contribution in [0.2, 0.25) is 0 Å². The Kier molecular flexibility index (Phi) is 4.53. The van der Waals surface area contributed by atoms with Gasteiger partial charge in [0.15, 0.2) is 5.82 Å². The number of hydrogen-bond donors (Lipinski definition) is 3. The van der Waals surface area contributed by atoms with E-state index in [1.54, 1.807) is 13.1 Å². The van der Waals surface area contributed by atoms with Crippen molar-refractivity contribution < 1.29 is 4.79 Å². The standard InChI is InChI=1S/C11H16N8O/c1-3-4-13-9-6-12-5-8(15-9)11(20)14-7(2)10-16-18-19-17-10/h5-7H,3-4H2,1-2H3,(H,13,15)(H,14,20)(H,16,17,18,19). The van der Waals surface area contributed by atoms with Crippen molar-refractivity contribution in [1.82, 2.24) is 35.9 Å². The van der Waals surface area contributed by atoms with Gasteiger partial charge in [-0.3, -0.25) is 9.78 Å². The van der Waals surface area contributed by atoms with Crippen LogP contribution >= 0.6 is 0 Å². The fourth-order valence-electron chi connectivity index (χ4n) is 1.50. The van der Waals surface area contributed by atoms with E-state index in [1.165, 1.54) is 6.20 Å². The number of carbonyl (C=O) groups excluding carboxylic acids is 1. The van der Waals surface area contributed by atoms with Crippen molar-refractivity contribution in [3.63, 3.8) is 0 Å². The minimum atomic E-state index is -0.365. The van der Waals surface area contributed by atoms with Gasteiger partial charge in [0, 0.05) is 6.54 Å². The highest BCUT2D eigenvalue weighted by molar-refractivity contribution is 5.92. The van der Waals surface area contributed by atoms with E-state index in [9.17, 15) is 4.79 Å². The predicted octanol–water partition coefficient (Wildman–Crippen LogP) is 0.303. The zero-order valence-corrected chi connectivity index (χ0v) is 11.3. The molecule has 0 aromatic carbocycles. The maximum Gasteiger partial charge on any atom is 0.272 e. The second-order valence-corrected chi connectivity index (χ2v) is 4.18. The maximum atomic E-state index is 12.0. The number of nitrogens with zero attached hydrogens (tertiary/aromatic N) is 5. The number of rotatable bonds is 6. The van der Waals surface area contributed by atoms with Crippen molar-refractivity contribution in [2.24, 2.45) is 0 Å². The van der Waals surface area contributed by atoms with Crippen LogP contribution in [0.5, 0.6) is 0 Å². The fourth-order valence-corrected chi connectivity index (χ4v) is 1.50. The van der Waals surface area contributed by atoms with Gasteiger partial charge in [0.1, 0.15) is 11.5 Å². The van der Waals surface area contributed by atoms with E-state index in [1.807, 2.05) is 6.92 Å². The summed E-state index contributed by atoms with van der Waals surface area (Å²) in [7, 11) is 0. The molecule has 9 nitrogen and oxygen atoms in total. The SMILES string of the molecule is CCCNc1cncc(C(=O)NC(C)c2nn[nH]n2)n1. The summed E-state index contributed by atoms with van der Waals surface area (Å²) in [5.74, 6) is 0.647. The molecular formula is C11H16N8O. The minimum Gasteiger partial charge on any atom is -0.369 e. The number of carbonyl (C=O) groups is 1. The summed E-state index contributed by atoms with van der Waals surface area (Å²) in [4.78, 5) is 20.2. The first kappa shape index (κ1) is 13.8. The minimum absolute atomic E-state index is 0.237. The van der Waals surface area contributed by atoms with E-state index in [0.717, 1.165) is 13.0 Å². The van der Waals surface area contributed by atoms with Gasteiger partial charge in [0.2, 0.25) is 0 Å². The highest BCUT2D eigenvalue weighted by Gasteiger charge is 2.16. The molecule has 2 heterocycles. The number of aromatic amines is 1. The van der Waals surface area contributed by atoms with Gasteiger partial charge in [0.05, 0.1) is 18.4 Å². The van der Waals surface area contributed by atoms with Crippen LogP contribution in [0.25, 0.3) is 0 Å². The number of amides is 1. The maximum absolute atomic E-state index is 12.0. The van der Waals surface area contributed by atoms with Crippen LogP contribution in [0.1, 0.15) is 42.6 Å². The summed E-state index contributed by atoms with van der Waals surface area (Å²) in [5, 5.41) is 19.2. The van der Waals surface area contributed by atoms with Gasteiger partial charge < -0.3 is 10.6 Å². The van der Waals surface area contributed by atoms with Gasteiger partial charge >= 0.3 is 0 Å². The Hall–Kier alpha value is -2.58. The molecular weight excluding hydrogens is 260 g/mol. The van der Waals surface area contributed by atoms with Gasteiger partial charge in [-0.25, -0.2) is 4.98 Å². The fraction of sp³-hybridized carbons (Fsp3) is 0.455. The monoisotopic (exact) mass is 276 g/mol. The summed E-state index contributed by atoms with van der Waals surface area (Å²) < 4.78 is 0. The second kappa shape index (κ2) is 6.55. The summed E-state index contributed by atoms with van der Waals surface area (Å²) in [6.07, 6.45) is 3.96. The number of aromatic nitrogens is 6. The van der Waals surface area contributed by atoms with Crippen LogP contribution in [0.4, 0.5) is 5.82 Å². The average molecular weight is 276 g/mol. The first-order valence-corrected chi connectivity index (χ1v) is 6.30. The molecule has 0 bridgehead atoms. The number of tetrazole rings is 1. The Morgan fingerprint density at radius 3 is 3.00 bits per heavy atom. The third kappa shape index (κ3) is 3.46. The highest BCUT2D eigenvalue weighted by atomic mass is 16.2. The van der Waals surface area contributed by atoms with Gasteiger partial charge in [-0.2, -0.15) is 5.21 Å². The predicted molar refractivity (Wildman–Crippen MR) is 70.9 cm³/mol. The van der Waals surface area contributed by atoms with Gasteiger partial charge in [0.25, 0.3) is 5.91 Å². The third-order valence-electron chi connectivity index (χ3n) is 2.52. The van der Waals surface area contributed by atoms with Crippen LogP contribution in [-0.2, 0) is 0 Å². The topological polar surface area (TPSA) is 121 Å². The second-order valence-electron chi connectivity index (χ2n) is 4.18. The van der Waals surface area contributed by atoms with Crippen molar-refractivity contribution in [2.75, 3.05) is 11.9 Å². The molecule has 0 aliphatic carbocycles. The molecule has 106 valence electrons. The molecule has 3 N–H and O–H groups in total. The van der Waals surface area contributed by atoms with Crippen LogP contribution in [0, 0.1) is 0 Å². The smallest absolute Gasteiger partial charge is 0.272 e. The van der Waals surface area contributed by atoms with Gasteiger partial charge in [-0.15, -0.1) is 10.2 Å². The lowest BCUT2D eigenvalue weighted by Crippen LogP contribution is -2.28. The molecule has 0 radical (unpaired) electrons.